The Morgan fingerprint density at radius 3 is 2.64 bits per heavy atom. The molecule has 0 aliphatic heterocycles. The lowest BCUT2D eigenvalue weighted by atomic mass is 9.95. The number of sulfone groups is 1. The third kappa shape index (κ3) is 4.68. The van der Waals surface area contributed by atoms with Crippen LogP contribution < -0.4 is 0 Å². The van der Waals surface area contributed by atoms with Crippen LogP contribution in [-0.2, 0) is 27.9 Å². The van der Waals surface area contributed by atoms with Crippen LogP contribution in [0.15, 0.2) is 18.6 Å². The highest BCUT2D eigenvalue weighted by molar-refractivity contribution is 7.89. The minimum atomic E-state index is -3.33. The van der Waals surface area contributed by atoms with Gasteiger partial charge in [-0.05, 0) is 24.8 Å². The molecule has 3 rings (SSSR count). The lowest BCUT2D eigenvalue weighted by molar-refractivity contribution is 0.324. The molecule has 0 atom stereocenters. The molecule has 7 nitrogen and oxygen atoms in total. The highest BCUT2D eigenvalue weighted by atomic mass is 32.2. The van der Waals surface area contributed by atoms with Crippen molar-refractivity contribution in [1.82, 2.24) is 24.5 Å². The summed E-state index contributed by atoms with van der Waals surface area (Å²) in [5.41, 5.74) is 0.779. The summed E-state index contributed by atoms with van der Waals surface area (Å²) < 4.78 is 29.1. The van der Waals surface area contributed by atoms with Gasteiger partial charge in [0.25, 0.3) is 0 Å². The highest BCUT2D eigenvalue weighted by Crippen LogP contribution is 2.29. The fraction of sp³-hybridized carbons (Fsp3) is 0.706. The second-order valence-corrected chi connectivity index (χ2v) is 9.41. The van der Waals surface area contributed by atoms with Crippen molar-refractivity contribution in [1.29, 1.82) is 0 Å². The summed E-state index contributed by atoms with van der Waals surface area (Å²) in [6, 6.07) is 2.16. The van der Waals surface area contributed by atoms with E-state index in [0.29, 0.717) is 24.3 Å². The van der Waals surface area contributed by atoms with E-state index in [9.17, 15) is 8.42 Å². The second kappa shape index (κ2) is 7.68. The van der Waals surface area contributed by atoms with Crippen LogP contribution in [0.3, 0.4) is 0 Å². The molecule has 0 amide bonds. The van der Waals surface area contributed by atoms with Gasteiger partial charge in [0.05, 0.1) is 17.5 Å². The van der Waals surface area contributed by atoms with Crippen molar-refractivity contribution in [3.63, 3.8) is 0 Å². The van der Waals surface area contributed by atoms with Crippen LogP contribution >= 0.6 is 0 Å². The van der Waals surface area contributed by atoms with E-state index in [1.807, 2.05) is 10.7 Å². The van der Waals surface area contributed by atoms with Crippen molar-refractivity contribution in [2.45, 2.75) is 70.0 Å². The monoisotopic (exact) mass is 365 g/mol. The molecular weight excluding hydrogens is 338 g/mol. The van der Waals surface area contributed by atoms with Crippen molar-refractivity contribution in [3.05, 3.63) is 30.1 Å². The molecule has 25 heavy (non-hydrogen) atoms. The van der Waals surface area contributed by atoms with Gasteiger partial charge in [-0.3, -0.25) is 4.68 Å². The molecule has 2 aromatic rings. The standard InChI is InChI=1S/C17H27N5O2S/c1-14(2)10-21-17(18-13-20-21)12-25(23,24)11-16-8-9-19-22(16)15-6-4-3-5-7-15/h8-9,13-15H,3-7,10-12H2,1-2H3. The fourth-order valence-electron chi connectivity index (χ4n) is 3.48. The number of nitrogens with zero attached hydrogens (tertiary/aromatic N) is 5. The average Bonchev–Trinajstić information content (AvgIpc) is 3.17. The van der Waals surface area contributed by atoms with E-state index < -0.39 is 9.84 Å². The first-order chi connectivity index (χ1) is 11.9. The van der Waals surface area contributed by atoms with Crippen LogP contribution in [0.5, 0.6) is 0 Å². The minimum absolute atomic E-state index is 0.00195. The van der Waals surface area contributed by atoms with Crippen molar-refractivity contribution in [2.24, 2.45) is 5.92 Å². The number of hydrogen-bond donors (Lipinski definition) is 0. The lowest BCUT2D eigenvalue weighted by Crippen LogP contribution is -2.20. The summed E-state index contributed by atoms with van der Waals surface area (Å²) in [6.45, 7) is 4.82. The van der Waals surface area contributed by atoms with E-state index in [0.717, 1.165) is 18.5 Å². The summed E-state index contributed by atoms with van der Waals surface area (Å²) in [7, 11) is -3.33. The molecule has 0 saturated heterocycles. The largest absolute Gasteiger partial charge is 0.266 e. The molecule has 8 heteroatoms. The second-order valence-electron chi connectivity index (χ2n) is 7.34. The Bertz CT molecular complexity index is 788. The maximum atomic E-state index is 12.7. The van der Waals surface area contributed by atoms with Gasteiger partial charge in [-0.25, -0.2) is 18.1 Å². The lowest BCUT2D eigenvalue weighted by Gasteiger charge is -2.24. The third-order valence-corrected chi connectivity index (χ3v) is 6.06. The van der Waals surface area contributed by atoms with Gasteiger partial charge in [0.1, 0.15) is 17.9 Å². The molecule has 1 aliphatic rings. The first-order valence-electron chi connectivity index (χ1n) is 9.04. The topological polar surface area (TPSA) is 82.7 Å². The van der Waals surface area contributed by atoms with Gasteiger partial charge in [-0.15, -0.1) is 0 Å². The first-order valence-corrected chi connectivity index (χ1v) is 10.9. The maximum Gasteiger partial charge on any atom is 0.163 e. The zero-order valence-corrected chi connectivity index (χ0v) is 15.8. The molecule has 0 N–H and O–H groups in total. The van der Waals surface area contributed by atoms with Crippen LogP contribution in [0, 0.1) is 5.92 Å². The van der Waals surface area contributed by atoms with Gasteiger partial charge in [0.15, 0.2) is 9.84 Å². The van der Waals surface area contributed by atoms with Crippen LogP contribution in [0.4, 0.5) is 0 Å². The van der Waals surface area contributed by atoms with Gasteiger partial charge < -0.3 is 0 Å². The molecule has 0 spiro atoms. The van der Waals surface area contributed by atoms with Gasteiger partial charge in [-0.2, -0.15) is 10.2 Å². The van der Waals surface area contributed by atoms with Gasteiger partial charge in [0, 0.05) is 12.7 Å². The SMILES string of the molecule is CC(C)Cn1ncnc1CS(=O)(=O)Cc1ccnn1C1CCCCC1. The Kier molecular flexibility index (Phi) is 5.56. The van der Waals surface area contributed by atoms with Gasteiger partial charge in [-0.1, -0.05) is 33.1 Å². The van der Waals surface area contributed by atoms with E-state index in [1.165, 1.54) is 25.6 Å². The summed E-state index contributed by atoms with van der Waals surface area (Å²) >= 11 is 0. The Morgan fingerprint density at radius 1 is 1.16 bits per heavy atom. The Labute approximate surface area is 149 Å². The smallest absolute Gasteiger partial charge is 0.163 e. The fourth-order valence-corrected chi connectivity index (χ4v) is 4.88. The zero-order chi connectivity index (χ0) is 17.9. The summed E-state index contributed by atoms with van der Waals surface area (Å²) in [4.78, 5) is 4.15. The Balaban J connectivity index is 1.72. The van der Waals surface area contributed by atoms with Crippen LogP contribution in [0.25, 0.3) is 0 Å². The number of aromatic nitrogens is 5. The maximum absolute atomic E-state index is 12.7. The third-order valence-electron chi connectivity index (χ3n) is 4.62. The Morgan fingerprint density at radius 2 is 1.92 bits per heavy atom. The molecule has 2 aromatic heterocycles. The molecule has 0 bridgehead atoms. The number of hydrogen-bond acceptors (Lipinski definition) is 5. The summed E-state index contributed by atoms with van der Waals surface area (Å²) in [5, 5.41) is 8.55. The van der Waals surface area contributed by atoms with Gasteiger partial charge >= 0.3 is 0 Å². The predicted octanol–water partition coefficient (Wildman–Crippen LogP) is 2.75. The van der Waals surface area contributed by atoms with E-state index in [4.69, 9.17) is 0 Å². The first kappa shape index (κ1) is 18.1. The molecule has 0 unspecified atom stereocenters. The number of rotatable bonds is 7. The van der Waals surface area contributed by atoms with Crippen LogP contribution in [-0.4, -0.2) is 33.0 Å². The van der Waals surface area contributed by atoms with Crippen molar-refractivity contribution >= 4 is 9.84 Å². The Hall–Kier alpha value is -1.70. The molecule has 138 valence electrons. The summed E-state index contributed by atoms with van der Waals surface area (Å²) in [5.74, 6) is 0.807. The van der Waals surface area contributed by atoms with E-state index >= 15 is 0 Å². The summed E-state index contributed by atoms with van der Waals surface area (Å²) in [6.07, 6.45) is 8.94. The van der Waals surface area contributed by atoms with Crippen LogP contribution in [0.2, 0.25) is 0 Å². The molecule has 0 radical (unpaired) electrons. The molecule has 1 aliphatic carbocycles. The van der Waals surface area contributed by atoms with E-state index in [1.54, 1.807) is 10.9 Å². The van der Waals surface area contributed by atoms with E-state index in [2.05, 4.69) is 29.0 Å². The predicted molar refractivity (Wildman–Crippen MR) is 95.5 cm³/mol. The van der Waals surface area contributed by atoms with E-state index in [-0.39, 0.29) is 11.5 Å². The molecule has 1 saturated carbocycles. The van der Waals surface area contributed by atoms with Crippen molar-refractivity contribution in [3.8, 4) is 0 Å². The molecular formula is C17H27N5O2S. The van der Waals surface area contributed by atoms with Crippen molar-refractivity contribution < 1.29 is 8.42 Å². The quantitative estimate of drug-likeness (QED) is 0.753. The van der Waals surface area contributed by atoms with Crippen LogP contribution in [0.1, 0.15) is 63.5 Å². The molecule has 0 aromatic carbocycles. The van der Waals surface area contributed by atoms with Crippen molar-refractivity contribution in [2.75, 3.05) is 0 Å². The minimum Gasteiger partial charge on any atom is -0.266 e. The zero-order valence-electron chi connectivity index (χ0n) is 15.0. The van der Waals surface area contributed by atoms with Gasteiger partial charge in [0.2, 0.25) is 0 Å². The average molecular weight is 366 g/mol. The molecule has 1 fully saturated rings. The highest BCUT2D eigenvalue weighted by Gasteiger charge is 2.23. The normalized spacial score (nSPS) is 16.6. The molecule has 2 heterocycles.